The molecule has 0 amide bonds. The van der Waals surface area contributed by atoms with Crippen molar-refractivity contribution in [2.24, 2.45) is 17.1 Å². The van der Waals surface area contributed by atoms with Gasteiger partial charge in [-0.25, -0.2) is 0 Å². The number of nitrogens with zero attached hydrogens (tertiary/aromatic N) is 1. The summed E-state index contributed by atoms with van der Waals surface area (Å²) in [6.45, 7) is 14.8. The van der Waals surface area contributed by atoms with E-state index in [0.717, 1.165) is 12.5 Å². The number of hydrogen-bond acceptors (Lipinski definition) is 2. The average Bonchev–Trinajstić information content (AvgIpc) is 2.45. The zero-order valence-electron chi connectivity index (χ0n) is 11.1. The van der Waals surface area contributed by atoms with E-state index in [1.807, 2.05) is 0 Å². The molecule has 1 aliphatic rings. The van der Waals surface area contributed by atoms with Crippen molar-refractivity contribution in [1.29, 1.82) is 0 Å². The minimum absolute atomic E-state index is 0.210. The molecule has 1 aliphatic heterocycles. The van der Waals surface area contributed by atoms with Crippen LogP contribution < -0.4 is 5.73 Å². The first-order chi connectivity index (χ1) is 6.79. The van der Waals surface area contributed by atoms with Crippen molar-refractivity contribution in [3.8, 4) is 0 Å². The van der Waals surface area contributed by atoms with Crippen LogP contribution >= 0.6 is 0 Å². The lowest BCUT2D eigenvalue weighted by atomic mass is 9.88. The summed E-state index contributed by atoms with van der Waals surface area (Å²) in [4.78, 5) is 2.60. The third kappa shape index (κ3) is 3.18. The van der Waals surface area contributed by atoms with Gasteiger partial charge < -0.3 is 5.73 Å². The highest BCUT2D eigenvalue weighted by atomic mass is 15.2. The Bertz CT molecular complexity index is 211. The Labute approximate surface area is 95.2 Å². The van der Waals surface area contributed by atoms with Crippen LogP contribution in [0.25, 0.3) is 0 Å². The summed E-state index contributed by atoms with van der Waals surface area (Å²) in [5.74, 6) is 0.724. The molecule has 0 aromatic rings. The summed E-state index contributed by atoms with van der Waals surface area (Å²) in [7, 11) is 0. The van der Waals surface area contributed by atoms with E-state index < -0.39 is 0 Å². The second kappa shape index (κ2) is 4.42. The lowest BCUT2D eigenvalue weighted by molar-refractivity contribution is 0.105. The highest BCUT2D eigenvalue weighted by molar-refractivity contribution is 4.95. The molecule has 2 heteroatoms. The van der Waals surface area contributed by atoms with E-state index in [1.54, 1.807) is 0 Å². The fourth-order valence-corrected chi connectivity index (χ4v) is 2.79. The topological polar surface area (TPSA) is 29.3 Å². The van der Waals surface area contributed by atoms with E-state index >= 15 is 0 Å². The van der Waals surface area contributed by atoms with Crippen LogP contribution in [0.1, 0.15) is 47.5 Å². The third-order valence-corrected chi connectivity index (χ3v) is 3.73. The fourth-order valence-electron chi connectivity index (χ4n) is 2.79. The van der Waals surface area contributed by atoms with Gasteiger partial charge in [-0.1, -0.05) is 27.7 Å². The zero-order chi connectivity index (χ0) is 11.7. The first-order valence-electron chi connectivity index (χ1n) is 6.24. The zero-order valence-corrected chi connectivity index (χ0v) is 11.1. The summed E-state index contributed by atoms with van der Waals surface area (Å²) in [5, 5.41) is 0. The van der Waals surface area contributed by atoms with Crippen LogP contribution in [0.4, 0.5) is 0 Å². The monoisotopic (exact) mass is 212 g/mol. The Kier molecular flexibility index (Phi) is 3.83. The minimum Gasteiger partial charge on any atom is -0.329 e. The van der Waals surface area contributed by atoms with E-state index in [4.69, 9.17) is 5.73 Å². The maximum absolute atomic E-state index is 5.98. The van der Waals surface area contributed by atoms with E-state index in [1.165, 1.54) is 25.9 Å². The molecular weight excluding hydrogens is 184 g/mol. The molecule has 1 saturated heterocycles. The molecule has 0 bridgehead atoms. The predicted octanol–water partition coefficient (Wildman–Crippen LogP) is 2.48. The van der Waals surface area contributed by atoms with Gasteiger partial charge in [0.05, 0.1) is 0 Å². The van der Waals surface area contributed by atoms with Gasteiger partial charge in [-0.2, -0.15) is 0 Å². The Hall–Kier alpha value is -0.0800. The van der Waals surface area contributed by atoms with Crippen molar-refractivity contribution in [3.05, 3.63) is 0 Å². The first-order valence-corrected chi connectivity index (χ1v) is 6.24. The Morgan fingerprint density at radius 2 is 2.00 bits per heavy atom. The van der Waals surface area contributed by atoms with Crippen LogP contribution in [-0.4, -0.2) is 30.1 Å². The van der Waals surface area contributed by atoms with Crippen LogP contribution in [0.3, 0.4) is 0 Å². The highest BCUT2D eigenvalue weighted by Crippen LogP contribution is 2.35. The molecule has 15 heavy (non-hydrogen) atoms. The van der Waals surface area contributed by atoms with Crippen molar-refractivity contribution in [2.45, 2.75) is 53.0 Å². The largest absolute Gasteiger partial charge is 0.329 e. The molecule has 0 saturated carbocycles. The van der Waals surface area contributed by atoms with Gasteiger partial charge in [0.15, 0.2) is 0 Å². The Morgan fingerprint density at radius 3 is 2.33 bits per heavy atom. The minimum atomic E-state index is 0.210. The van der Waals surface area contributed by atoms with Gasteiger partial charge >= 0.3 is 0 Å². The van der Waals surface area contributed by atoms with Crippen LogP contribution in [-0.2, 0) is 0 Å². The lowest BCUT2D eigenvalue weighted by Crippen LogP contribution is -2.51. The lowest BCUT2D eigenvalue weighted by Gasteiger charge is -2.40. The predicted molar refractivity (Wildman–Crippen MR) is 66.9 cm³/mol. The van der Waals surface area contributed by atoms with E-state index in [9.17, 15) is 0 Å². The van der Waals surface area contributed by atoms with Gasteiger partial charge in [0, 0.05) is 18.6 Å². The SMILES string of the molecule is CC(C)CC(C)(CN)N1CCC(C)(C)C1. The van der Waals surface area contributed by atoms with Crippen LogP contribution in [0.15, 0.2) is 0 Å². The Morgan fingerprint density at radius 1 is 1.40 bits per heavy atom. The molecular formula is C13H28N2. The van der Waals surface area contributed by atoms with E-state index in [2.05, 4.69) is 39.5 Å². The molecule has 90 valence electrons. The molecule has 1 heterocycles. The Balaban J connectivity index is 2.67. The van der Waals surface area contributed by atoms with Crippen molar-refractivity contribution in [2.75, 3.05) is 19.6 Å². The van der Waals surface area contributed by atoms with Crippen molar-refractivity contribution in [1.82, 2.24) is 4.90 Å². The van der Waals surface area contributed by atoms with Crippen molar-refractivity contribution in [3.63, 3.8) is 0 Å². The van der Waals surface area contributed by atoms with Gasteiger partial charge in [0.25, 0.3) is 0 Å². The van der Waals surface area contributed by atoms with Crippen molar-refractivity contribution < 1.29 is 0 Å². The fraction of sp³-hybridized carbons (Fsp3) is 1.00. The number of hydrogen-bond donors (Lipinski definition) is 1. The quantitative estimate of drug-likeness (QED) is 0.776. The average molecular weight is 212 g/mol. The van der Waals surface area contributed by atoms with Gasteiger partial charge in [0.2, 0.25) is 0 Å². The van der Waals surface area contributed by atoms with E-state index in [0.29, 0.717) is 5.41 Å². The maximum Gasteiger partial charge on any atom is 0.0306 e. The summed E-state index contributed by atoms with van der Waals surface area (Å²) in [6, 6.07) is 0. The van der Waals surface area contributed by atoms with Crippen molar-refractivity contribution >= 4 is 0 Å². The molecule has 0 radical (unpaired) electrons. The standard InChI is InChI=1S/C13H28N2/c1-11(2)8-13(5,9-14)15-7-6-12(3,4)10-15/h11H,6-10,14H2,1-5H3. The van der Waals surface area contributed by atoms with Gasteiger partial charge in [-0.05, 0) is 37.6 Å². The normalized spacial score (nSPS) is 25.8. The second-order valence-electron chi connectivity index (χ2n) is 6.63. The summed E-state index contributed by atoms with van der Waals surface area (Å²) >= 11 is 0. The number of rotatable bonds is 4. The van der Waals surface area contributed by atoms with Crippen LogP contribution in [0.2, 0.25) is 0 Å². The molecule has 0 spiro atoms. The molecule has 0 aromatic carbocycles. The molecule has 1 unspecified atom stereocenters. The molecule has 1 rings (SSSR count). The molecule has 2 nitrogen and oxygen atoms in total. The van der Waals surface area contributed by atoms with Gasteiger partial charge in [-0.15, -0.1) is 0 Å². The number of likely N-dealkylation sites (tertiary alicyclic amines) is 1. The molecule has 0 aromatic heterocycles. The third-order valence-electron chi connectivity index (χ3n) is 3.73. The molecule has 0 aliphatic carbocycles. The van der Waals surface area contributed by atoms with E-state index in [-0.39, 0.29) is 5.54 Å². The molecule has 2 N–H and O–H groups in total. The van der Waals surface area contributed by atoms with Crippen LogP contribution in [0.5, 0.6) is 0 Å². The summed E-state index contributed by atoms with van der Waals surface area (Å²) in [5.41, 5.74) is 6.67. The van der Waals surface area contributed by atoms with Gasteiger partial charge in [-0.3, -0.25) is 4.90 Å². The summed E-state index contributed by atoms with van der Waals surface area (Å²) < 4.78 is 0. The number of nitrogens with two attached hydrogens (primary N) is 1. The maximum atomic E-state index is 5.98. The smallest absolute Gasteiger partial charge is 0.0306 e. The molecule has 1 fully saturated rings. The highest BCUT2D eigenvalue weighted by Gasteiger charge is 2.39. The second-order valence-corrected chi connectivity index (χ2v) is 6.63. The first kappa shape index (κ1) is 13.0. The van der Waals surface area contributed by atoms with Crippen LogP contribution in [0, 0.1) is 11.3 Å². The summed E-state index contributed by atoms with van der Waals surface area (Å²) in [6.07, 6.45) is 2.51. The van der Waals surface area contributed by atoms with Gasteiger partial charge in [0.1, 0.15) is 0 Å². The molecule has 1 atom stereocenters.